The van der Waals surface area contributed by atoms with E-state index in [-0.39, 0.29) is 12.5 Å². The molecule has 0 aromatic rings. The minimum Gasteiger partial charge on any atom is -0.481 e. The van der Waals surface area contributed by atoms with E-state index >= 15 is 0 Å². The zero-order chi connectivity index (χ0) is 15.3. The Labute approximate surface area is 127 Å². The van der Waals surface area contributed by atoms with Crippen molar-refractivity contribution in [2.45, 2.75) is 51.4 Å². The van der Waals surface area contributed by atoms with Crippen LogP contribution in [0.2, 0.25) is 0 Å². The number of urea groups is 1. The summed E-state index contributed by atoms with van der Waals surface area (Å²) < 4.78 is 0. The predicted octanol–water partition coefficient (Wildman–Crippen LogP) is 1.81. The highest BCUT2D eigenvalue weighted by Gasteiger charge is 2.09. The molecule has 21 heavy (non-hydrogen) atoms. The van der Waals surface area contributed by atoms with E-state index in [0.29, 0.717) is 13.1 Å². The summed E-state index contributed by atoms with van der Waals surface area (Å²) in [6.07, 6.45) is 7.60. The van der Waals surface area contributed by atoms with Crippen molar-refractivity contribution in [2.75, 3.05) is 32.7 Å². The highest BCUT2D eigenvalue weighted by Crippen LogP contribution is 2.07. The molecule has 1 rings (SSSR count). The molecule has 2 amide bonds. The van der Waals surface area contributed by atoms with Gasteiger partial charge in [0.05, 0.1) is 0 Å². The van der Waals surface area contributed by atoms with Crippen molar-refractivity contribution in [1.29, 1.82) is 0 Å². The standard InChI is InChI=1S/C15H29N3O3/c19-14(20)8-4-1-2-5-9-16-15(21)17-10-13-18-11-6-3-7-12-18/h1-13H2,(H,19,20)(H2,16,17,21). The molecule has 0 unspecified atom stereocenters. The average molecular weight is 299 g/mol. The molecule has 6 heteroatoms. The number of carboxylic acid groups (broad SMARTS) is 1. The van der Waals surface area contributed by atoms with Crippen LogP contribution in [-0.4, -0.2) is 54.7 Å². The van der Waals surface area contributed by atoms with E-state index in [2.05, 4.69) is 15.5 Å². The van der Waals surface area contributed by atoms with Crippen molar-refractivity contribution in [1.82, 2.24) is 15.5 Å². The Morgan fingerprint density at radius 3 is 2.29 bits per heavy atom. The molecule has 0 aliphatic carbocycles. The molecule has 1 aliphatic heterocycles. The fourth-order valence-corrected chi connectivity index (χ4v) is 2.53. The Balaban J connectivity index is 1.86. The van der Waals surface area contributed by atoms with E-state index < -0.39 is 5.97 Å². The lowest BCUT2D eigenvalue weighted by Crippen LogP contribution is -2.41. The first-order valence-electron chi connectivity index (χ1n) is 8.14. The monoisotopic (exact) mass is 299 g/mol. The summed E-state index contributed by atoms with van der Waals surface area (Å²) >= 11 is 0. The molecule has 0 atom stereocenters. The summed E-state index contributed by atoms with van der Waals surface area (Å²) in [7, 11) is 0. The summed E-state index contributed by atoms with van der Waals surface area (Å²) in [6, 6.07) is -0.0995. The summed E-state index contributed by atoms with van der Waals surface area (Å²) in [5.41, 5.74) is 0. The van der Waals surface area contributed by atoms with E-state index in [4.69, 9.17) is 5.11 Å². The van der Waals surface area contributed by atoms with E-state index in [1.165, 1.54) is 19.3 Å². The van der Waals surface area contributed by atoms with Crippen LogP contribution in [0.15, 0.2) is 0 Å². The number of likely N-dealkylation sites (tertiary alicyclic amines) is 1. The molecule has 0 radical (unpaired) electrons. The third kappa shape index (κ3) is 10.1. The third-order valence-corrected chi connectivity index (χ3v) is 3.77. The maximum atomic E-state index is 11.5. The van der Waals surface area contributed by atoms with Gasteiger partial charge in [-0.2, -0.15) is 0 Å². The SMILES string of the molecule is O=C(O)CCCCCCNC(=O)NCCN1CCCCC1. The van der Waals surface area contributed by atoms with Crippen molar-refractivity contribution in [3.05, 3.63) is 0 Å². The first kappa shape index (κ1) is 17.8. The highest BCUT2D eigenvalue weighted by molar-refractivity contribution is 5.73. The molecular formula is C15H29N3O3. The Morgan fingerprint density at radius 2 is 1.57 bits per heavy atom. The van der Waals surface area contributed by atoms with E-state index in [1.54, 1.807) is 0 Å². The Bertz CT molecular complexity index is 305. The quantitative estimate of drug-likeness (QED) is 0.537. The van der Waals surface area contributed by atoms with Crippen LogP contribution in [-0.2, 0) is 4.79 Å². The second kappa shape index (κ2) is 11.4. The van der Waals surface area contributed by atoms with E-state index in [1.807, 2.05) is 0 Å². The van der Waals surface area contributed by atoms with Gasteiger partial charge >= 0.3 is 12.0 Å². The third-order valence-electron chi connectivity index (χ3n) is 3.77. The number of nitrogens with one attached hydrogen (secondary N) is 2. The van der Waals surface area contributed by atoms with Crippen LogP contribution >= 0.6 is 0 Å². The second-order valence-corrected chi connectivity index (χ2v) is 5.64. The Morgan fingerprint density at radius 1 is 0.905 bits per heavy atom. The van der Waals surface area contributed by atoms with Crippen LogP contribution < -0.4 is 10.6 Å². The molecule has 122 valence electrons. The molecule has 0 aromatic carbocycles. The first-order valence-corrected chi connectivity index (χ1v) is 8.14. The summed E-state index contributed by atoms with van der Waals surface area (Å²) in [5, 5.41) is 14.2. The van der Waals surface area contributed by atoms with Gasteiger partial charge in [-0.3, -0.25) is 4.79 Å². The van der Waals surface area contributed by atoms with Gasteiger partial charge < -0.3 is 20.6 Å². The molecule has 1 saturated heterocycles. The van der Waals surface area contributed by atoms with Crippen molar-refractivity contribution >= 4 is 12.0 Å². The summed E-state index contributed by atoms with van der Waals surface area (Å²) in [4.78, 5) is 24.3. The maximum Gasteiger partial charge on any atom is 0.314 e. The topological polar surface area (TPSA) is 81.7 Å². The predicted molar refractivity (Wildman–Crippen MR) is 82.4 cm³/mol. The molecule has 0 bridgehead atoms. The van der Waals surface area contributed by atoms with Crippen LogP contribution in [0.1, 0.15) is 51.4 Å². The van der Waals surface area contributed by atoms with Gasteiger partial charge in [0.15, 0.2) is 0 Å². The smallest absolute Gasteiger partial charge is 0.314 e. The minimum atomic E-state index is -0.735. The van der Waals surface area contributed by atoms with Crippen LogP contribution in [0.5, 0.6) is 0 Å². The number of hydrogen-bond acceptors (Lipinski definition) is 3. The number of carboxylic acids is 1. The fourth-order valence-electron chi connectivity index (χ4n) is 2.53. The second-order valence-electron chi connectivity index (χ2n) is 5.64. The lowest BCUT2D eigenvalue weighted by atomic mass is 10.1. The van der Waals surface area contributed by atoms with Gasteiger partial charge in [-0.1, -0.05) is 19.3 Å². The van der Waals surface area contributed by atoms with Gasteiger partial charge in [-0.25, -0.2) is 4.79 Å². The molecule has 0 spiro atoms. The highest BCUT2D eigenvalue weighted by atomic mass is 16.4. The first-order chi connectivity index (χ1) is 10.2. The fraction of sp³-hybridized carbons (Fsp3) is 0.867. The lowest BCUT2D eigenvalue weighted by Gasteiger charge is -2.26. The zero-order valence-electron chi connectivity index (χ0n) is 12.9. The normalized spacial score (nSPS) is 15.6. The number of amides is 2. The zero-order valence-corrected chi connectivity index (χ0v) is 12.9. The number of rotatable bonds is 10. The van der Waals surface area contributed by atoms with Gasteiger partial charge in [0.25, 0.3) is 0 Å². The lowest BCUT2D eigenvalue weighted by molar-refractivity contribution is -0.137. The summed E-state index contributed by atoms with van der Waals surface area (Å²) in [6.45, 7) is 4.59. The van der Waals surface area contributed by atoms with Crippen molar-refractivity contribution in [3.8, 4) is 0 Å². The van der Waals surface area contributed by atoms with E-state index in [9.17, 15) is 9.59 Å². The molecule has 6 nitrogen and oxygen atoms in total. The molecule has 3 N–H and O–H groups in total. The van der Waals surface area contributed by atoms with Crippen LogP contribution in [0, 0.1) is 0 Å². The van der Waals surface area contributed by atoms with Gasteiger partial charge in [0.1, 0.15) is 0 Å². The minimum absolute atomic E-state index is 0.0995. The number of carbonyl (C=O) groups excluding carboxylic acids is 1. The van der Waals surface area contributed by atoms with Crippen LogP contribution in [0.4, 0.5) is 4.79 Å². The number of piperidine rings is 1. The number of unbranched alkanes of at least 4 members (excludes halogenated alkanes) is 3. The largest absolute Gasteiger partial charge is 0.481 e. The molecule has 1 aliphatic rings. The van der Waals surface area contributed by atoms with Crippen LogP contribution in [0.3, 0.4) is 0 Å². The number of aliphatic carboxylic acids is 1. The number of hydrogen-bond donors (Lipinski definition) is 3. The molecule has 1 heterocycles. The summed E-state index contributed by atoms with van der Waals surface area (Å²) in [5.74, 6) is -0.735. The maximum absolute atomic E-state index is 11.5. The molecule has 1 fully saturated rings. The number of nitrogens with zero attached hydrogens (tertiary/aromatic N) is 1. The van der Waals surface area contributed by atoms with Gasteiger partial charge in [-0.05, 0) is 38.8 Å². The Kier molecular flexibility index (Phi) is 9.61. The van der Waals surface area contributed by atoms with Crippen LogP contribution in [0.25, 0.3) is 0 Å². The average Bonchev–Trinajstić information content (AvgIpc) is 2.47. The van der Waals surface area contributed by atoms with Crippen molar-refractivity contribution < 1.29 is 14.7 Å². The van der Waals surface area contributed by atoms with Crippen molar-refractivity contribution in [3.63, 3.8) is 0 Å². The molecule has 0 saturated carbocycles. The van der Waals surface area contributed by atoms with Gasteiger partial charge in [0, 0.05) is 26.1 Å². The van der Waals surface area contributed by atoms with E-state index in [0.717, 1.165) is 45.3 Å². The van der Waals surface area contributed by atoms with Gasteiger partial charge in [-0.15, -0.1) is 0 Å². The van der Waals surface area contributed by atoms with Gasteiger partial charge in [0.2, 0.25) is 0 Å². The molecule has 0 aromatic heterocycles. The number of carbonyl (C=O) groups is 2. The van der Waals surface area contributed by atoms with Crippen molar-refractivity contribution in [2.24, 2.45) is 0 Å². The molecular weight excluding hydrogens is 270 g/mol. The Hall–Kier alpha value is -1.30.